The summed E-state index contributed by atoms with van der Waals surface area (Å²) in [5.74, 6) is 0. The maximum atomic E-state index is 5.50. The quantitative estimate of drug-likeness (QED) is 0.582. The van der Waals surface area contributed by atoms with Crippen molar-refractivity contribution in [2.24, 2.45) is 17.2 Å². The van der Waals surface area contributed by atoms with Crippen molar-refractivity contribution in [2.45, 2.75) is 19.6 Å². The molecule has 6 N–H and O–H groups in total. The number of nitrogens with two attached hydrogens (primary N) is 3. The van der Waals surface area contributed by atoms with Gasteiger partial charge in [-0.2, -0.15) is 0 Å². The van der Waals surface area contributed by atoms with Crippen LogP contribution in [0.1, 0.15) is 16.7 Å². The molecule has 0 aliphatic carbocycles. The normalized spacial score (nSPS) is 10.2. The molecule has 0 aliphatic rings. The minimum atomic E-state index is 0.487. The zero-order valence-corrected chi connectivity index (χ0v) is 7.01. The number of rotatable bonds is 3. The molecule has 0 atom stereocenters. The molecule has 1 rings (SSSR count). The number of hydrogen-bond acceptors (Lipinski definition) is 3. The third-order valence-electron chi connectivity index (χ3n) is 1.72. The molecular formula is C9H14N3. The summed E-state index contributed by atoms with van der Waals surface area (Å²) < 4.78 is 0. The fourth-order valence-corrected chi connectivity index (χ4v) is 1.11. The number of hydrogen-bond donors (Lipinski definition) is 3. The van der Waals surface area contributed by atoms with Crippen LogP contribution in [0.5, 0.6) is 0 Å². The van der Waals surface area contributed by atoms with Gasteiger partial charge in [0.05, 0.1) is 0 Å². The molecule has 1 aromatic carbocycles. The van der Waals surface area contributed by atoms with Crippen molar-refractivity contribution in [3.63, 3.8) is 0 Å². The van der Waals surface area contributed by atoms with Gasteiger partial charge in [-0.3, -0.25) is 0 Å². The zero-order chi connectivity index (χ0) is 8.97. The average molecular weight is 164 g/mol. The highest BCUT2D eigenvalue weighted by atomic mass is 14.6. The van der Waals surface area contributed by atoms with E-state index in [2.05, 4.69) is 6.07 Å². The van der Waals surface area contributed by atoms with Crippen molar-refractivity contribution in [3.8, 4) is 0 Å². The lowest BCUT2D eigenvalue weighted by Gasteiger charge is -2.04. The van der Waals surface area contributed by atoms with E-state index in [9.17, 15) is 0 Å². The van der Waals surface area contributed by atoms with Crippen molar-refractivity contribution in [3.05, 3.63) is 34.9 Å². The SMILES string of the molecule is NCc1[c]c(CN)cc(CN)c1. The van der Waals surface area contributed by atoms with E-state index < -0.39 is 0 Å². The molecular weight excluding hydrogens is 150 g/mol. The van der Waals surface area contributed by atoms with Crippen LogP contribution in [0.4, 0.5) is 0 Å². The minimum absolute atomic E-state index is 0.487. The van der Waals surface area contributed by atoms with Crippen molar-refractivity contribution >= 4 is 0 Å². The molecule has 3 nitrogen and oxygen atoms in total. The molecule has 0 unspecified atom stereocenters. The summed E-state index contributed by atoms with van der Waals surface area (Å²) in [6.45, 7) is 1.50. The Morgan fingerprint density at radius 3 is 1.75 bits per heavy atom. The van der Waals surface area contributed by atoms with Crippen LogP contribution >= 0.6 is 0 Å². The van der Waals surface area contributed by atoms with Crippen molar-refractivity contribution in [1.82, 2.24) is 0 Å². The lowest BCUT2D eigenvalue weighted by Crippen LogP contribution is -2.05. The van der Waals surface area contributed by atoms with Gasteiger partial charge in [0.15, 0.2) is 0 Å². The molecule has 12 heavy (non-hydrogen) atoms. The molecule has 0 heterocycles. The van der Waals surface area contributed by atoms with Crippen molar-refractivity contribution < 1.29 is 0 Å². The predicted octanol–water partition coefficient (Wildman–Crippen LogP) is -0.137. The Morgan fingerprint density at radius 2 is 1.42 bits per heavy atom. The second-order valence-corrected chi connectivity index (χ2v) is 2.65. The van der Waals surface area contributed by atoms with E-state index in [-0.39, 0.29) is 0 Å². The molecule has 65 valence electrons. The summed E-state index contributed by atoms with van der Waals surface area (Å²) in [5.41, 5.74) is 19.5. The summed E-state index contributed by atoms with van der Waals surface area (Å²) in [7, 11) is 0. The molecule has 3 heteroatoms. The van der Waals surface area contributed by atoms with Gasteiger partial charge in [-0.05, 0) is 22.8 Å². The Bertz CT molecular complexity index is 203. The first-order valence-corrected chi connectivity index (χ1v) is 3.94. The molecule has 0 amide bonds. The van der Waals surface area contributed by atoms with Crippen LogP contribution in [0.25, 0.3) is 0 Å². The summed E-state index contributed by atoms with van der Waals surface area (Å²) >= 11 is 0. The number of benzene rings is 1. The Balaban J connectivity index is 3.01. The topological polar surface area (TPSA) is 78.1 Å². The smallest absolute Gasteiger partial charge is 0.0184 e. The van der Waals surface area contributed by atoms with Gasteiger partial charge in [0.25, 0.3) is 0 Å². The second kappa shape index (κ2) is 4.21. The largest absolute Gasteiger partial charge is 0.326 e. The van der Waals surface area contributed by atoms with Gasteiger partial charge in [0.1, 0.15) is 0 Å². The van der Waals surface area contributed by atoms with Gasteiger partial charge >= 0.3 is 0 Å². The maximum absolute atomic E-state index is 5.50. The van der Waals surface area contributed by atoms with Crippen LogP contribution in [0.15, 0.2) is 12.1 Å². The molecule has 0 bridgehead atoms. The monoisotopic (exact) mass is 164 g/mol. The molecule has 1 aromatic rings. The second-order valence-electron chi connectivity index (χ2n) is 2.65. The van der Waals surface area contributed by atoms with Gasteiger partial charge in [-0.25, -0.2) is 0 Å². The Labute approximate surface area is 72.5 Å². The van der Waals surface area contributed by atoms with Crippen LogP contribution in [0.2, 0.25) is 0 Å². The lowest BCUT2D eigenvalue weighted by molar-refractivity contribution is 0.984. The van der Waals surface area contributed by atoms with E-state index in [1.165, 1.54) is 0 Å². The highest BCUT2D eigenvalue weighted by Crippen LogP contribution is 2.08. The first-order chi connectivity index (χ1) is 5.80. The first kappa shape index (κ1) is 9.19. The van der Waals surface area contributed by atoms with E-state index in [1.54, 1.807) is 0 Å². The maximum Gasteiger partial charge on any atom is 0.0184 e. The van der Waals surface area contributed by atoms with Crippen molar-refractivity contribution in [2.75, 3.05) is 0 Å². The summed E-state index contributed by atoms with van der Waals surface area (Å²) in [6, 6.07) is 7.03. The Morgan fingerprint density at radius 1 is 0.917 bits per heavy atom. The van der Waals surface area contributed by atoms with E-state index in [0.29, 0.717) is 19.6 Å². The van der Waals surface area contributed by atoms with E-state index >= 15 is 0 Å². The molecule has 0 fully saturated rings. The molecule has 1 radical (unpaired) electrons. The lowest BCUT2D eigenvalue weighted by atomic mass is 10.1. The summed E-state index contributed by atoms with van der Waals surface area (Å²) in [4.78, 5) is 0. The van der Waals surface area contributed by atoms with Crippen molar-refractivity contribution in [1.29, 1.82) is 0 Å². The third kappa shape index (κ3) is 2.04. The predicted molar refractivity (Wildman–Crippen MR) is 49.0 cm³/mol. The van der Waals surface area contributed by atoms with E-state index in [0.717, 1.165) is 16.7 Å². The molecule has 0 saturated heterocycles. The fraction of sp³-hybridized carbons (Fsp3) is 0.333. The van der Waals surface area contributed by atoms with Gasteiger partial charge in [0, 0.05) is 19.6 Å². The molecule has 0 saturated carbocycles. The van der Waals surface area contributed by atoms with Crippen LogP contribution in [0.3, 0.4) is 0 Å². The first-order valence-electron chi connectivity index (χ1n) is 3.94. The average Bonchev–Trinajstić information content (AvgIpc) is 2.16. The Hall–Kier alpha value is -0.900. The highest BCUT2D eigenvalue weighted by Gasteiger charge is 1.97. The Kier molecular flexibility index (Phi) is 3.22. The van der Waals surface area contributed by atoms with Crippen LogP contribution in [0, 0.1) is 6.07 Å². The summed E-state index contributed by atoms with van der Waals surface area (Å²) in [5, 5.41) is 0. The van der Waals surface area contributed by atoms with Gasteiger partial charge in [0.2, 0.25) is 0 Å². The standard InChI is InChI=1S/C9H14N3/c10-4-7-1-8(5-11)3-9(2-7)6-12/h1-2H,4-6,10-12H2. The third-order valence-corrected chi connectivity index (χ3v) is 1.72. The minimum Gasteiger partial charge on any atom is -0.326 e. The van der Waals surface area contributed by atoms with Crippen LogP contribution in [-0.2, 0) is 19.6 Å². The zero-order valence-electron chi connectivity index (χ0n) is 7.01. The highest BCUT2D eigenvalue weighted by molar-refractivity contribution is 5.28. The van der Waals surface area contributed by atoms with Gasteiger partial charge < -0.3 is 17.2 Å². The molecule has 0 spiro atoms. The summed E-state index contributed by atoms with van der Waals surface area (Å²) in [6.07, 6.45) is 0. The van der Waals surface area contributed by atoms with Crippen LogP contribution in [-0.4, -0.2) is 0 Å². The van der Waals surface area contributed by atoms with E-state index in [4.69, 9.17) is 17.2 Å². The van der Waals surface area contributed by atoms with Gasteiger partial charge in [-0.1, -0.05) is 12.1 Å². The fourth-order valence-electron chi connectivity index (χ4n) is 1.11. The molecule has 0 aromatic heterocycles. The van der Waals surface area contributed by atoms with Gasteiger partial charge in [-0.15, -0.1) is 0 Å². The van der Waals surface area contributed by atoms with E-state index in [1.807, 2.05) is 12.1 Å². The molecule has 0 aliphatic heterocycles. The van der Waals surface area contributed by atoms with Crippen LogP contribution < -0.4 is 17.2 Å².